The Labute approximate surface area is 115 Å². The first-order valence-corrected chi connectivity index (χ1v) is 5.94. The number of aromatic hydroxyl groups is 2. The maximum atomic E-state index is 11.9. The van der Waals surface area contributed by atoms with E-state index in [1.165, 1.54) is 36.4 Å². The monoisotopic (exact) mass is 274 g/mol. The highest BCUT2D eigenvalue weighted by atomic mass is 35.5. The number of phenolic OH excluding ortho intramolecular Hbond substituents is 2. The fraction of sp³-hybridized carbons (Fsp3) is 0. The molecule has 3 nitrogen and oxygen atoms in total. The van der Waals surface area contributed by atoms with Crippen LogP contribution in [0.5, 0.6) is 11.5 Å². The molecule has 0 atom stereocenters. The summed E-state index contributed by atoms with van der Waals surface area (Å²) in [6, 6.07) is 10.7. The van der Waals surface area contributed by atoms with Crippen molar-refractivity contribution in [1.82, 2.24) is 0 Å². The molecule has 0 aromatic heterocycles. The molecule has 0 saturated carbocycles. The van der Waals surface area contributed by atoms with Crippen LogP contribution >= 0.6 is 11.6 Å². The number of carbonyl (C=O) groups is 1. The van der Waals surface area contributed by atoms with E-state index < -0.39 is 0 Å². The predicted molar refractivity (Wildman–Crippen MR) is 74.6 cm³/mol. The summed E-state index contributed by atoms with van der Waals surface area (Å²) < 4.78 is 0. The Balaban J connectivity index is 2.21. The van der Waals surface area contributed by atoms with Crippen molar-refractivity contribution in [2.45, 2.75) is 0 Å². The highest BCUT2D eigenvalue weighted by Crippen LogP contribution is 2.22. The van der Waals surface area contributed by atoms with Crippen LogP contribution in [-0.2, 0) is 0 Å². The summed E-state index contributed by atoms with van der Waals surface area (Å²) in [5, 5.41) is 19.1. The Morgan fingerprint density at radius 1 is 1.05 bits per heavy atom. The lowest BCUT2D eigenvalue weighted by molar-refractivity contribution is 0.104. The predicted octanol–water partition coefficient (Wildman–Crippen LogP) is 3.65. The molecule has 0 saturated heterocycles. The Hall–Kier alpha value is -2.26. The van der Waals surface area contributed by atoms with Gasteiger partial charge in [0.15, 0.2) is 5.78 Å². The third-order valence-corrected chi connectivity index (χ3v) is 2.78. The third-order valence-electron chi connectivity index (χ3n) is 2.54. The molecule has 0 spiro atoms. The Kier molecular flexibility index (Phi) is 3.88. The van der Waals surface area contributed by atoms with Gasteiger partial charge in [-0.25, -0.2) is 0 Å². The molecule has 0 bridgehead atoms. The van der Waals surface area contributed by atoms with Crippen LogP contribution in [-0.4, -0.2) is 16.0 Å². The molecule has 19 heavy (non-hydrogen) atoms. The standard InChI is InChI=1S/C15H11ClO3/c16-11-4-8-15(19)13(9-11)14(18)7-3-10-1-5-12(17)6-2-10/h1-9,17,19H/b7-3-. The molecule has 0 aliphatic heterocycles. The highest BCUT2D eigenvalue weighted by Gasteiger charge is 2.08. The number of hydrogen-bond donors (Lipinski definition) is 2. The van der Waals surface area contributed by atoms with Gasteiger partial charge in [-0.05, 0) is 42.0 Å². The lowest BCUT2D eigenvalue weighted by Crippen LogP contribution is -1.94. The van der Waals surface area contributed by atoms with Crippen LogP contribution in [0.1, 0.15) is 15.9 Å². The summed E-state index contributed by atoms with van der Waals surface area (Å²) in [7, 11) is 0. The largest absolute Gasteiger partial charge is 0.508 e. The summed E-state index contributed by atoms with van der Waals surface area (Å²) in [6.07, 6.45) is 2.94. The van der Waals surface area contributed by atoms with Gasteiger partial charge in [-0.2, -0.15) is 0 Å². The average molecular weight is 275 g/mol. The number of halogens is 1. The normalized spacial score (nSPS) is 10.8. The molecule has 0 radical (unpaired) electrons. The van der Waals surface area contributed by atoms with Gasteiger partial charge in [-0.1, -0.05) is 29.8 Å². The van der Waals surface area contributed by atoms with Crippen molar-refractivity contribution in [3.05, 3.63) is 64.7 Å². The van der Waals surface area contributed by atoms with Gasteiger partial charge >= 0.3 is 0 Å². The second-order valence-corrected chi connectivity index (χ2v) is 4.39. The van der Waals surface area contributed by atoms with E-state index in [1.807, 2.05) is 0 Å². The molecule has 4 heteroatoms. The van der Waals surface area contributed by atoms with Crippen LogP contribution in [0.4, 0.5) is 0 Å². The zero-order valence-electron chi connectivity index (χ0n) is 9.88. The number of ketones is 1. The summed E-state index contributed by atoms with van der Waals surface area (Å²) in [6.45, 7) is 0. The van der Waals surface area contributed by atoms with Crippen LogP contribution < -0.4 is 0 Å². The summed E-state index contributed by atoms with van der Waals surface area (Å²) in [4.78, 5) is 11.9. The van der Waals surface area contributed by atoms with E-state index in [0.29, 0.717) is 5.02 Å². The summed E-state index contributed by atoms with van der Waals surface area (Å²) in [5.41, 5.74) is 0.926. The minimum absolute atomic E-state index is 0.107. The molecule has 0 fully saturated rings. The molecule has 0 unspecified atom stereocenters. The van der Waals surface area contributed by atoms with Gasteiger partial charge in [0.1, 0.15) is 11.5 Å². The van der Waals surface area contributed by atoms with E-state index in [-0.39, 0.29) is 22.8 Å². The molecule has 2 aromatic rings. The molecule has 0 aliphatic carbocycles. The molecule has 96 valence electrons. The Morgan fingerprint density at radius 3 is 2.42 bits per heavy atom. The van der Waals surface area contributed by atoms with Gasteiger partial charge in [0.25, 0.3) is 0 Å². The van der Waals surface area contributed by atoms with Crippen LogP contribution in [0.3, 0.4) is 0 Å². The minimum atomic E-state index is -0.340. The first kappa shape index (κ1) is 13.2. The van der Waals surface area contributed by atoms with Crippen LogP contribution in [0, 0.1) is 0 Å². The fourth-order valence-corrected chi connectivity index (χ4v) is 1.72. The quantitative estimate of drug-likeness (QED) is 0.663. The van der Waals surface area contributed by atoms with Crippen LogP contribution in [0.15, 0.2) is 48.5 Å². The van der Waals surface area contributed by atoms with Gasteiger partial charge in [0, 0.05) is 5.02 Å². The first-order valence-electron chi connectivity index (χ1n) is 5.56. The Morgan fingerprint density at radius 2 is 1.74 bits per heavy atom. The van der Waals surface area contributed by atoms with Crippen molar-refractivity contribution in [1.29, 1.82) is 0 Å². The van der Waals surface area contributed by atoms with Crippen molar-refractivity contribution in [2.24, 2.45) is 0 Å². The molecular weight excluding hydrogens is 264 g/mol. The summed E-state index contributed by atoms with van der Waals surface area (Å²) >= 11 is 5.78. The molecular formula is C15H11ClO3. The second-order valence-electron chi connectivity index (χ2n) is 3.95. The number of allylic oxidation sites excluding steroid dienone is 1. The van der Waals surface area contributed by atoms with E-state index in [2.05, 4.69) is 0 Å². The molecule has 0 heterocycles. The number of rotatable bonds is 3. The molecule has 0 amide bonds. The van der Waals surface area contributed by atoms with Crippen molar-refractivity contribution in [3.63, 3.8) is 0 Å². The van der Waals surface area contributed by atoms with Crippen molar-refractivity contribution >= 4 is 23.5 Å². The van der Waals surface area contributed by atoms with Crippen LogP contribution in [0.2, 0.25) is 5.02 Å². The maximum absolute atomic E-state index is 11.9. The third kappa shape index (κ3) is 3.36. The Bertz CT molecular complexity index is 630. The van der Waals surface area contributed by atoms with Gasteiger partial charge in [-0.3, -0.25) is 4.79 Å². The first-order chi connectivity index (χ1) is 9.06. The van der Waals surface area contributed by atoms with Gasteiger partial charge in [0.2, 0.25) is 0 Å². The second kappa shape index (κ2) is 5.59. The van der Waals surface area contributed by atoms with Crippen molar-refractivity contribution < 1.29 is 15.0 Å². The average Bonchev–Trinajstić information content (AvgIpc) is 2.40. The van der Waals surface area contributed by atoms with E-state index in [9.17, 15) is 9.90 Å². The van der Waals surface area contributed by atoms with Gasteiger partial charge < -0.3 is 10.2 Å². The van der Waals surface area contributed by atoms with Gasteiger partial charge in [0.05, 0.1) is 5.56 Å². The van der Waals surface area contributed by atoms with Crippen molar-refractivity contribution in [3.8, 4) is 11.5 Å². The molecule has 0 aliphatic rings. The number of hydrogen-bond acceptors (Lipinski definition) is 3. The number of carbonyl (C=O) groups excluding carboxylic acids is 1. The molecule has 2 rings (SSSR count). The summed E-state index contributed by atoms with van der Waals surface area (Å²) in [5.74, 6) is -0.284. The zero-order chi connectivity index (χ0) is 13.8. The zero-order valence-corrected chi connectivity index (χ0v) is 10.6. The lowest BCUT2D eigenvalue weighted by atomic mass is 10.1. The molecule has 2 N–H and O–H groups in total. The van der Waals surface area contributed by atoms with Crippen LogP contribution in [0.25, 0.3) is 6.08 Å². The van der Waals surface area contributed by atoms with E-state index in [4.69, 9.17) is 16.7 Å². The topological polar surface area (TPSA) is 57.5 Å². The van der Waals surface area contributed by atoms with E-state index >= 15 is 0 Å². The number of phenols is 2. The van der Waals surface area contributed by atoms with Gasteiger partial charge in [-0.15, -0.1) is 0 Å². The number of benzene rings is 2. The fourth-order valence-electron chi connectivity index (χ4n) is 1.55. The van der Waals surface area contributed by atoms with Crippen molar-refractivity contribution in [2.75, 3.05) is 0 Å². The van der Waals surface area contributed by atoms with E-state index in [1.54, 1.807) is 18.2 Å². The maximum Gasteiger partial charge on any atom is 0.189 e. The highest BCUT2D eigenvalue weighted by molar-refractivity contribution is 6.31. The minimum Gasteiger partial charge on any atom is -0.508 e. The molecule has 2 aromatic carbocycles. The SMILES string of the molecule is O=C(/C=C\c1ccc(O)cc1)c1cc(Cl)ccc1O. The smallest absolute Gasteiger partial charge is 0.189 e. The lowest BCUT2D eigenvalue weighted by Gasteiger charge is -2.01. The van der Waals surface area contributed by atoms with E-state index in [0.717, 1.165) is 5.56 Å².